The van der Waals surface area contributed by atoms with Gasteiger partial charge in [-0.25, -0.2) is 4.99 Å². The molecule has 0 saturated heterocycles. The van der Waals surface area contributed by atoms with Crippen LogP contribution < -0.4 is 17.2 Å². The molecule has 0 amide bonds. The van der Waals surface area contributed by atoms with Crippen molar-refractivity contribution in [2.75, 3.05) is 0 Å². The number of hydrogen-bond donors (Lipinski definition) is 3. The lowest BCUT2D eigenvalue weighted by molar-refractivity contribution is 1.39. The van der Waals surface area contributed by atoms with E-state index in [2.05, 4.69) is 9.98 Å². The van der Waals surface area contributed by atoms with Gasteiger partial charge < -0.3 is 17.2 Å². The van der Waals surface area contributed by atoms with Crippen molar-refractivity contribution in [1.29, 1.82) is 0 Å². The van der Waals surface area contributed by atoms with E-state index in [1.54, 1.807) is 0 Å². The minimum Gasteiger partial charge on any atom is -0.370 e. The smallest absolute Gasteiger partial charge is 0.223 e. The molecule has 5 nitrogen and oxygen atoms in total. The van der Waals surface area contributed by atoms with Crippen LogP contribution in [0.25, 0.3) is 10.8 Å². The minimum absolute atomic E-state index is 0. The first kappa shape index (κ1) is 13.8. The van der Waals surface area contributed by atoms with Crippen molar-refractivity contribution in [3.63, 3.8) is 0 Å². The van der Waals surface area contributed by atoms with E-state index in [9.17, 15) is 0 Å². The molecule has 2 aromatic rings. The highest BCUT2D eigenvalue weighted by atomic mass is 35.5. The second-order valence-electron chi connectivity index (χ2n) is 3.50. The molecule has 0 aliphatic rings. The van der Waals surface area contributed by atoms with Crippen LogP contribution in [0, 0.1) is 0 Å². The fraction of sp³-hybridized carbons (Fsp3) is 0. The van der Waals surface area contributed by atoms with E-state index >= 15 is 0 Å². The Morgan fingerprint density at radius 2 is 1.56 bits per heavy atom. The maximum atomic E-state index is 5.60. The molecule has 0 spiro atoms. The highest BCUT2D eigenvalue weighted by Crippen LogP contribution is 2.25. The molecule has 0 aromatic heterocycles. The summed E-state index contributed by atoms with van der Waals surface area (Å²) in [6.07, 6.45) is 0. The number of fused-ring (bicyclic) bond motifs is 1. The second-order valence-corrected chi connectivity index (χ2v) is 3.50. The third kappa shape index (κ3) is 3.11. The van der Waals surface area contributed by atoms with Crippen molar-refractivity contribution in [2.45, 2.75) is 0 Å². The average molecular weight is 264 g/mol. The molecule has 2 aromatic carbocycles. The normalized spacial score (nSPS) is 10.8. The maximum Gasteiger partial charge on any atom is 0.223 e. The first-order valence-electron chi connectivity index (χ1n) is 5.08. The van der Waals surface area contributed by atoms with Crippen LogP contribution in [0.15, 0.2) is 52.4 Å². The lowest BCUT2D eigenvalue weighted by Gasteiger charge is -2.01. The number of guanidine groups is 2. The Kier molecular flexibility index (Phi) is 4.51. The fourth-order valence-electron chi connectivity index (χ4n) is 1.59. The van der Waals surface area contributed by atoms with Crippen LogP contribution in [0.3, 0.4) is 0 Å². The zero-order chi connectivity index (χ0) is 12.3. The average Bonchev–Trinajstić information content (AvgIpc) is 2.28. The van der Waals surface area contributed by atoms with Crippen LogP contribution in [0.4, 0.5) is 5.69 Å². The van der Waals surface area contributed by atoms with Gasteiger partial charge in [-0.05, 0) is 11.5 Å². The lowest BCUT2D eigenvalue weighted by Crippen LogP contribution is -2.26. The summed E-state index contributed by atoms with van der Waals surface area (Å²) >= 11 is 0. The molecule has 94 valence electrons. The first-order chi connectivity index (χ1) is 8.16. The Morgan fingerprint density at radius 1 is 0.889 bits per heavy atom. The minimum atomic E-state index is -0.105. The third-order valence-electron chi connectivity index (χ3n) is 2.25. The van der Waals surface area contributed by atoms with Gasteiger partial charge in [-0.2, -0.15) is 4.99 Å². The van der Waals surface area contributed by atoms with Crippen LogP contribution in [0.5, 0.6) is 0 Å². The van der Waals surface area contributed by atoms with Crippen LogP contribution in [-0.4, -0.2) is 11.9 Å². The van der Waals surface area contributed by atoms with Gasteiger partial charge in [0.1, 0.15) is 0 Å². The number of nitrogens with two attached hydrogens (primary N) is 3. The summed E-state index contributed by atoms with van der Waals surface area (Å²) in [7, 11) is 0. The van der Waals surface area contributed by atoms with Gasteiger partial charge in [0, 0.05) is 5.39 Å². The van der Waals surface area contributed by atoms with Gasteiger partial charge in [-0.15, -0.1) is 12.4 Å². The van der Waals surface area contributed by atoms with Crippen molar-refractivity contribution in [3.8, 4) is 0 Å². The van der Waals surface area contributed by atoms with Crippen LogP contribution in [0.2, 0.25) is 0 Å². The molecule has 0 bridgehead atoms. The Morgan fingerprint density at radius 3 is 2.28 bits per heavy atom. The van der Waals surface area contributed by atoms with E-state index in [1.165, 1.54) is 0 Å². The van der Waals surface area contributed by atoms with Gasteiger partial charge in [-0.3, -0.25) is 0 Å². The summed E-state index contributed by atoms with van der Waals surface area (Å²) in [5.74, 6) is -0.0622. The Balaban J connectivity index is 0.00000162. The standard InChI is InChI=1S/C12H13N5.ClH/c13-11(14)17-12(15)16-10-7-3-5-8-4-1-2-6-9(8)10;/h1-7H,(H6,13,14,15,16,17);1H. The van der Waals surface area contributed by atoms with Gasteiger partial charge >= 0.3 is 0 Å². The quantitative estimate of drug-likeness (QED) is 0.536. The Labute approximate surface area is 111 Å². The van der Waals surface area contributed by atoms with Crippen molar-refractivity contribution < 1.29 is 0 Å². The van der Waals surface area contributed by atoms with Crippen molar-refractivity contribution >= 4 is 40.8 Å². The topological polar surface area (TPSA) is 103 Å². The van der Waals surface area contributed by atoms with Crippen LogP contribution >= 0.6 is 12.4 Å². The molecule has 0 aliphatic heterocycles. The summed E-state index contributed by atoms with van der Waals surface area (Å²) < 4.78 is 0. The zero-order valence-corrected chi connectivity index (χ0v) is 10.4. The molecule has 18 heavy (non-hydrogen) atoms. The molecule has 6 heteroatoms. The molecule has 0 aliphatic carbocycles. The van der Waals surface area contributed by atoms with Crippen LogP contribution in [0.1, 0.15) is 0 Å². The molecule has 0 heterocycles. The Bertz CT molecular complexity index is 597. The number of halogens is 1. The fourth-order valence-corrected chi connectivity index (χ4v) is 1.59. The van der Waals surface area contributed by atoms with E-state index < -0.39 is 0 Å². The number of rotatable bonds is 1. The van der Waals surface area contributed by atoms with E-state index in [1.807, 2.05) is 42.5 Å². The molecule has 0 unspecified atom stereocenters. The molecule has 2 rings (SSSR count). The van der Waals surface area contributed by atoms with E-state index in [0.717, 1.165) is 16.5 Å². The summed E-state index contributed by atoms with van der Waals surface area (Å²) in [4.78, 5) is 7.85. The number of benzene rings is 2. The molecular weight excluding hydrogens is 250 g/mol. The molecule has 0 fully saturated rings. The van der Waals surface area contributed by atoms with Crippen molar-refractivity contribution in [2.24, 2.45) is 27.2 Å². The van der Waals surface area contributed by atoms with Crippen molar-refractivity contribution in [3.05, 3.63) is 42.5 Å². The highest BCUT2D eigenvalue weighted by molar-refractivity contribution is 5.98. The summed E-state index contributed by atoms with van der Waals surface area (Å²) in [5, 5.41) is 2.09. The SMILES string of the molecule is Cl.NC(N)=NC(N)=Nc1cccc2ccccc12. The zero-order valence-electron chi connectivity index (χ0n) is 9.58. The van der Waals surface area contributed by atoms with E-state index in [-0.39, 0.29) is 24.3 Å². The summed E-state index contributed by atoms with van der Waals surface area (Å²) in [6.45, 7) is 0. The third-order valence-corrected chi connectivity index (χ3v) is 2.25. The van der Waals surface area contributed by atoms with Gasteiger partial charge in [-0.1, -0.05) is 36.4 Å². The summed E-state index contributed by atoms with van der Waals surface area (Å²) in [5.41, 5.74) is 16.8. The molecule has 0 radical (unpaired) electrons. The molecular formula is C12H14ClN5. The predicted octanol–water partition coefficient (Wildman–Crippen LogP) is 1.48. The molecule has 0 saturated carbocycles. The maximum absolute atomic E-state index is 5.60. The van der Waals surface area contributed by atoms with E-state index in [0.29, 0.717) is 0 Å². The van der Waals surface area contributed by atoms with E-state index in [4.69, 9.17) is 17.2 Å². The molecule has 6 N–H and O–H groups in total. The highest BCUT2D eigenvalue weighted by Gasteiger charge is 1.99. The second kappa shape index (κ2) is 5.88. The van der Waals surface area contributed by atoms with Gasteiger partial charge in [0.2, 0.25) is 5.96 Å². The number of hydrogen-bond acceptors (Lipinski definition) is 1. The van der Waals surface area contributed by atoms with Crippen LogP contribution in [-0.2, 0) is 0 Å². The Hall–Kier alpha value is -2.27. The number of nitrogens with zero attached hydrogens (tertiary/aromatic N) is 2. The van der Waals surface area contributed by atoms with Gasteiger partial charge in [0.05, 0.1) is 5.69 Å². The predicted molar refractivity (Wildman–Crippen MR) is 78.3 cm³/mol. The largest absolute Gasteiger partial charge is 0.370 e. The van der Waals surface area contributed by atoms with Crippen molar-refractivity contribution in [1.82, 2.24) is 0 Å². The lowest BCUT2D eigenvalue weighted by atomic mass is 10.1. The monoisotopic (exact) mass is 263 g/mol. The number of aliphatic imine (C=N–C) groups is 2. The van der Waals surface area contributed by atoms with Gasteiger partial charge in [0.25, 0.3) is 0 Å². The van der Waals surface area contributed by atoms with Gasteiger partial charge in [0.15, 0.2) is 5.96 Å². The molecule has 0 atom stereocenters. The first-order valence-corrected chi connectivity index (χ1v) is 5.08. The summed E-state index contributed by atoms with van der Waals surface area (Å²) in [6, 6.07) is 13.7.